The highest BCUT2D eigenvalue weighted by Crippen LogP contribution is 2.34. The molecule has 1 aliphatic heterocycles. The molecule has 23 heavy (non-hydrogen) atoms. The number of nitrogens with one attached hydrogen (secondary N) is 1. The first-order valence-electron chi connectivity index (χ1n) is 7.20. The maximum absolute atomic E-state index is 12.2. The topological polar surface area (TPSA) is 75.9 Å². The second-order valence-corrected chi connectivity index (χ2v) is 6.07. The molecule has 0 bridgehead atoms. The van der Waals surface area contributed by atoms with Crippen molar-refractivity contribution < 1.29 is 0 Å². The maximum atomic E-state index is 12.2. The lowest BCUT2D eigenvalue weighted by Gasteiger charge is -2.18. The third-order valence-electron chi connectivity index (χ3n) is 4.24. The fourth-order valence-electron chi connectivity index (χ4n) is 3.04. The molecule has 4 rings (SSSR count). The Hall–Kier alpha value is -2.54. The summed E-state index contributed by atoms with van der Waals surface area (Å²) in [4.78, 5) is 32.8. The number of aromatic amines is 1. The summed E-state index contributed by atoms with van der Waals surface area (Å²) >= 11 is 6.12. The van der Waals surface area contributed by atoms with E-state index in [4.69, 9.17) is 11.6 Å². The summed E-state index contributed by atoms with van der Waals surface area (Å²) in [5.41, 5.74) is 1.95. The van der Waals surface area contributed by atoms with Crippen LogP contribution < -0.4 is 16.1 Å². The summed E-state index contributed by atoms with van der Waals surface area (Å²) in [5, 5.41) is 0.644. The molecule has 0 saturated heterocycles. The number of anilines is 2. The molecule has 1 aromatic carbocycles. The van der Waals surface area contributed by atoms with Crippen LogP contribution in [0.15, 0.2) is 27.8 Å². The summed E-state index contributed by atoms with van der Waals surface area (Å²) in [6.45, 7) is 3.32. The number of fused-ring (bicyclic) bond motifs is 3. The summed E-state index contributed by atoms with van der Waals surface area (Å²) in [7, 11) is 1.60. The van der Waals surface area contributed by atoms with Crippen molar-refractivity contribution in [2.75, 3.05) is 11.4 Å². The highest BCUT2D eigenvalue weighted by Gasteiger charge is 2.28. The molecule has 3 heterocycles. The van der Waals surface area contributed by atoms with Crippen LogP contribution in [0, 0.1) is 6.92 Å². The predicted octanol–water partition coefficient (Wildman–Crippen LogP) is 1.54. The van der Waals surface area contributed by atoms with E-state index in [0.717, 1.165) is 11.3 Å². The van der Waals surface area contributed by atoms with Crippen molar-refractivity contribution in [3.63, 3.8) is 0 Å². The van der Waals surface area contributed by atoms with E-state index in [9.17, 15) is 9.59 Å². The fraction of sp³-hybridized carbons (Fsp3) is 0.267. The first-order valence-corrected chi connectivity index (χ1v) is 7.58. The molecular formula is C15H14ClN5O2. The van der Waals surface area contributed by atoms with E-state index in [2.05, 4.69) is 9.97 Å². The number of halogens is 1. The Bertz CT molecular complexity index is 1060. The number of aryl methyl sites for hydroxylation is 2. The number of H-pyrrole nitrogens is 1. The van der Waals surface area contributed by atoms with E-state index in [-0.39, 0.29) is 0 Å². The van der Waals surface area contributed by atoms with Gasteiger partial charge in [0.05, 0.1) is 0 Å². The lowest BCUT2D eigenvalue weighted by atomic mass is 10.2. The molecule has 2 aromatic heterocycles. The van der Waals surface area contributed by atoms with E-state index in [1.807, 2.05) is 34.6 Å². The van der Waals surface area contributed by atoms with Gasteiger partial charge in [0.1, 0.15) is 0 Å². The molecule has 1 N–H and O–H groups in total. The van der Waals surface area contributed by atoms with Crippen LogP contribution in [-0.4, -0.2) is 25.6 Å². The zero-order valence-corrected chi connectivity index (χ0v) is 13.4. The lowest BCUT2D eigenvalue weighted by Crippen LogP contribution is -2.29. The van der Waals surface area contributed by atoms with Crippen molar-refractivity contribution in [3.05, 3.63) is 49.6 Å². The molecule has 0 saturated carbocycles. The molecule has 0 spiro atoms. The van der Waals surface area contributed by atoms with Crippen molar-refractivity contribution in [2.24, 2.45) is 7.05 Å². The fourth-order valence-corrected chi connectivity index (χ4v) is 3.21. The Morgan fingerprint density at radius 3 is 2.83 bits per heavy atom. The van der Waals surface area contributed by atoms with Crippen LogP contribution in [0.4, 0.5) is 11.6 Å². The van der Waals surface area contributed by atoms with Gasteiger partial charge in [0, 0.05) is 30.8 Å². The van der Waals surface area contributed by atoms with Crippen LogP contribution in [0.2, 0.25) is 5.02 Å². The third-order valence-corrected chi connectivity index (χ3v) is 4.47. The summed E-state index contributed by atoms with van der Waals surface area (Å²) in [6.07, 6.45) is 0. The molecule has 7 nitrogen and oxygen atoms in total. The van der Waals surface area contributed by atoms with E-state index < -0.39 is 11.2 Å². The Labute approximate surface area is 135 Å². The molecule has 3 aromatic rings. The molecule has 0 aliphatic carbocycles. The van der Waals surface area contributed by atoms with Gasteiger partial charge in [-0.2, -0.15) is 4.98 Å². The Balaban J connectivity index is 2.00. The summed E-state index contributed by atoms with van der Waals surface area (Å²) in [5.74, 6) is 0.650. The van der Waals surface area contributed by atoms with Crippen molar-refractivity contribution in [3.8, 4) is 0 Å². The molecule has 118 valence electrons. The van der Waals surface area contributed by atoms with Crippen LogP contribution in [0.25, 0.3) is 11.2 Å². The smallest absolute Gasteiger partial charge is 0.310 e. The van der Waals surface area contributed by atoms with Gasteiger partial charge in [-0.25, -0.2) is 4.79 Å². The molecule has 0 atom stereocenters. The number of benzene rings is 1. The Morgan fingerprint density at radius 2 is 2.04 bits per heavy atom. The average Bonchev–Trinajstić information content (AvgIpc) is 3.06. The first-order chi connectivity index (χ1) is 11.0. The van der Waals surface area contributed by atoms with Crippen molar-refractivity contribution >= 4 is 34.4 Å². The highest BCUT2D eigenvalue weighted by atomic mass is 35.5. The first kappa shape index (κ1) is 14.1. The number of rotatable bonds is 1. The number of aromatic nitrogens is 4. The van der Waals surface area contributed by atoms with E-state index in [1.54, 1.807) is 7.05 Å². The van der Waals surface area contributed by atoms with Gasteiger partial charge in [-0.3, -0.25) is 14.3 Å². The van der Waals surface area contributed by atoms with Crippen LogP contribution in [0.5, 0.6) is 0 Å². The lowest BCUT2D eigenvalue weighted by molar-refractivity contribution is 0.797. The summed E-state index contributed by atoms with van der Waals surface area (Å²) < 4.78 is 3.19. The maximum Gasteiger partial charge on any atom is 0.329 e. The number of imidazole rings is 1. The van der Waals surface area contributed by atoms with E-state index >= 15 is 0 Å². The van der Waals surface area contributed by atoms with Gasteiger partial charge in [-0.15, -0.1) is 0 Å². The third kappa shape index (κ3) is 1.93. The number of nitrogens with zero attached hydrogens (tertiary/aromatic N) is 4. The van der Waals surface area contributed by atoms with Crippen molar-refractivity contribution in [2.45, 2.75) is 13.5 Å². The quantitative estimate of drug-likeness (QED) is 0.734. The molecule has 0 amide bonds. The monoisotopic (exact) mass is 331 g/mol. The van der Waals surface area contributed by atoms with Crippen molar-refractivity contribution in [1.29, 1.82) is 0 Å². The van der Waals surface area contributed by atoms with E-state index in [1.165, 1.54) is 4.57 Å². The van der Waals surface area contributed by atoms with Gasteiger partial charge in [-0.05, 0) is 24.6 Å². The minimum Gasteiger partial charge on any atom is -0.310 e. The van der Waals surface area contributed by atoms with Gasteiger partial charge in [0.2, 0.25) is 5.95 Å². The molecule has 8 heteroatoms. The molecule has 1 aliphatic rings. The van der Waals surface area contributed by atoms with Gasteiger partial charge >= 0.3 is 5.69 Å². The van der Waals surface area contributed by atoms with Crippen LogP contribution in [-0.2, 0) is 13.6 Å². The SMILES string of the molecule is Cc1ccc(Cl)cc1N1CCn2c1nc1c2c(=O)[nH]c(=O)n1C. The zero-order chi connectivity index (χ0) is 16.3. The molecular weight excluding hydrogens is 318 g/mol. The van der Waals surface area contributed by atoms with Gasteiger partial charge in [0.25, 0.3) is 5.56 Å². The van der Waals surface area contributed by atoms with E-state index in [0.29, 0.717) is 35.2 Å². The average molecular weight is 332 g/mol. The van der Waals surface area contributed by atoms with Crippen LogP contribution in [0.3, 0.4) is 0 Å². The molecule has 0 unspecified atom stereocenters. The van der Waals surface area contributed by atoms with Crippen LogP contribution in [0.1, 0.15) is 5.56 Å². The highest BCUT2D eigenvalue weighted by molar-refractivity contribution is 6.30. The standard InChI is InChI=1S/C15H14ClN5O2/c1-8-3-4-9(16)7-10(8)20-5-6-21-11-12(17-14(20)21)19(2)15(23)18-13(11)22/h3-4,7H,5-6H2,1-2H3,(H,18,22,23). The normalized spacial score (nSPS) is 13.8. The Morgan fingerprint density at radius 1 is 1.26 bits per heavy atom. The van der Waals surface area contributed by atoms with Crippen molar-refractivity contribution in [1.82, 2.24) is 19.1 Å². The summed E-state index contributed by atoms with van der Waals surface area (Å²) in [6, 6.07) is 5.68. The van der Waals surface area contributed by atoms with Gasteiger partial charge < -0.3 is 9.47 Å². The predicted molar refractivity (Wildman–Crippen MR) is 88.8 cm³/mol. The number of hydrogen-bond donors (Lipinski definition) is 1. The second-order valence-electron chi connectivity index (χ2n) is 5.64. The molecule has 0 radical (unpaired) electrons. The van der Waals surface area contributed by atoms with Gasteiger partial charge in [0.15, 0.2) is 11.2 Å². The largest absolute Gasteiger partial charge is 0.329 e. The minimum atomic E-state index is -0.468. The number of hydrogen-bond acceptors (Lipinski definition) is 4. The minimum absolute atomic E-state index is 0.387. The zero-order valence-electron chi connectivity index (χ0n) is 12.6. The second kappa shape index (κ2) is 4.73. The van der Waals surface area contributed by atoms with Gasteiger partial charge in [-0.1, -0.05) is 17.7 Å². The Kier molecular flexibility index (Phi) is 2.89. The van der Waals surface area contributed by atoms with Crippen LogP contribution >= 0.6 is 11.6 Å². The molecule has 0 fully saturated rings.